The molecule has 2 aromatic heterocycles. The van der Waals surface area contributed by atoms with Crippen LogP contribution in [0, 0.1) is 17.5 Å². The Morgan fingerprint density at radius 1 is 1.02 bits per heavy atom. The van der Waals surface area contributed by atoms with Crippen molar-refractivity contribution in [2.75, 3.05) is 56.5 Å². The Balaban J connectivity index is 0.000000304. The van der Waals surface area contributed by atoms with Crippen molar-refractivity contribution in [1.82, 2.24) is 33.9 Å². The summed E-state index contributed by atoms with van der Waals surface area (Å²) in [6, 6.07) is 13.3. The number of carbonyl (C=O) groups excluding carboxylic acids is 3. The zero-order valence-electron chi connectivity index (χ0n) is 36.9. The lowest BCUT2D eigenvalue weighted by Gasteiger charge is -2.44. The minimum absolute atomic E-state index is 0.00433. The number of Topliss-reactive ketones (excluding diaryl/α,β-unsaturated/α-hetero) is 1. The predicted octanol–water partition coefficient (Wildman–Crippen LogP) is 7.77. The summed E-state index contributed by atoms with van der Waals surface area (Å²) in [6.45, 7) is 6.44. The van der Waals surface area contributed by atoms with Crippen LogP contribution in [0.5, 0.6) is 0 Å². The van der Waals surface area contributed by atoms with E-state index in [1.165, 1.54) is 36.2 Å². The molecule has 1 saturated carbocycles. The number of fused-ring (bicyclic) bond motifs is 2. The number of aldehydes is 1. The Morgan fingerprint density at radius 2 is 1.75 bits per heavy atom. The van der Waals surface area contributed by atoms with Crippen LogP contribution in [0.15, 0.2) is 59.7 Å². The highest BCUT2D eigenvalue weighted by Gasteiger charge is 2.45. The number of ether oxygens (including phenoxy) is 1. The van der Waals surface area contributed by atoms with Gasteiger partial charge in [0.25, 0.3) is 5.56 Å². The van der Waals surface area contributed by atoms with E-state index >= 15 is 4.39 Å². The van der Waals surface area contributed by atoms with E-state index in [-0.39, 0.29) is 47.6 Å². The molecule has 1 unspecified atom stereocenters. The van der Waals surface area contributed by atoms with Crippen molar-refractivity contribution in [3.8, 4) is 0 Å². The maximum atomic E-state index is 15.7. The number of ketones is 1. The number of urea groups is 1. The van der Waals surface area contributed by atoms with Gasteiger partial charge in [-0.1, -0.05) is 19.1 Å². The van der Waals surface area contributed by atoms with E-state index in [2.05, 4.69) is 25.0 Å². The van der Waals surface area contributed by atoms with Crippen molar-refractivity contribution in [3.05, 3.63) is 93.8 Å². The Hall–Kier alpha value is -5.30. The zero-order valence-corrected chi connectivity index (χ0v) is 37.7. The number of likely N-dealkylation sites (tertiary alicyclic amines) is 1. The van der Waals surface area contributed by atoms with Gasteiger partial charge in [0.2, 0.25) is 0 Å². The molecule has 64 heavy (non-hydrogen) atoms. The number of aromatic nitrogens is 4. The summed E-state index contributed by atoms with van der Waals surface area (Å²) in [4.78, 5) is 56.4. The lowest BCUT2D eigenvalue weighted by molar-refractivity contribution is -0.107. The minimum Gasteiger partial charge on any atom is -0.373 e. The predicted molar refractivity (Wildman–Crippen MR) is 243 cm³/mol. The van der Waals surface area contributed by atoms with E-state index in [9.17, 15) is 28.0 Å². The van der Waals surface area contributed by atoms with Crippen LogP contribution in [0.3, 0.4) is 0 Å². The van der Waals surface area contributed by atoms with Gasteiger partial charge in [-0.25, -0.2) is 27.3 Å². The van der Waals surface area contributed by atoms with Crippen LogP contribution in [0.2, 0.25) is 0 Å². The number of hydrogen-bond acceptors (Lipinski definition) is 11. The first-order chi connectivity index (χ1) is 30.8. The third-order valence-corrected chi connectivity index (χ3v) is 13.9. The highest BCUT2D eigenvalue weighted by Crippen LogP contribution is 2.43. The van der Waals surface area contributed by atoms with Crippen molar-refractivity contribution in [2.45, 2.75) is 88.8 Å². The molecule has 2 saturated heterocycles. The summed E-state index contributed by atoms with van der Waals surface area (Å²) in [5, 5.41) is 8.33. The lowest BCUT2D eigenvalue weighted by Crippen LogP contribution is -2.49. The van der Waals surface area contributed by atoms with Crippen molar-refractivity contribution in [2.24, 2.45) is 7.05 Å². The van der Waals surface area contributed by atoms with E-state index in [1.54, 1.807) is 22.6 Å². The summed E-state index contributed by atoms with van der Waals surface area (Å²) in [5.74, 6) is -2.14. The van der Waals surface area contributed by atoms with Gasteiger partial charge in [0.15, 0.2) is 17.4 Å². The molecule has 2 amide bonds. The second-order valence-corrected chi connectivity index (χ2v) is 17.9. The number of halogens is 3. The molecule has 0 bridgehead atoms. The average Bonchev–Trinajstić information content (AvgIpc) is 3.85. The largest absolute Gasteiger partial charge is 0.373 e. The van der Waals surface area contributed by atoms with Crippen LogP contribution >= 0.6 is 12.1 Å². The fourth-order valence-corrected chi connectivity index (χ4v) is 9.83. The number of carbonyl (C=O) groups is 3. The third-order valence-electron chi connectivity index (χ3n) is 13.0. The van der Waals surface area contributed by atoms with E-state index < -0.39 is 29.0 Å². The molecule has 5 aromatic rings. The first-order valence-corrected chi connectivity index (χ1v) is 22.6. The molecule has 18 heteroatoms. The van der Waals surface area contributed by atoms with Crippen molar-refractivity contribution in [3.63, 3.8) is 0 Å². The molecule has 2 aliphatic heterocycles. The highest BCUT2D eigenvalue weighted by molar-refractivity contribution is 7.98. The summed E-state index contributed by atoms with van der Waals surface area (Å²) in [6.07, 6.45) is 9.10. The number of hydrogen-bond donors (Lipinski definition) is 2. The molecule has 342 valence electrons. The number of nitrogens with one attached hydrogen (secondary N) is 2. The number of amides is 2. The quantitative estimate of drug-likeness (QED) is 0.0719. The fraction of sp³-hybridized carbons (Fsp3) is 0.478. The maximum absolute atomic E-state index is 15.7. The van der Waals surface area contributed by atoms with Crippen molar-refractivity contribution < 1.29 is 32.3 Å². The molecule has 3 fully saturated rings. The number of rotatable bonds is 12. The molecule has 4 heterocycles. The lowest BCUT2D eigenvalue weighted by atomic mass is 9.79. The molecule has 3 aliphatic rings. The Morgan fingerprint density at radius 3 is 2.44 bits per heavy atom. The molecule has 8 rings (SSSR count). The maximum Gasteiger partial charge on any atom is 0.322 e. The van der Waals surface area contributed by atoms with Crippen molar-refractivity contribution >= 4 is 63.5 Å². The number of piperidine rings is 1. The normalized spacial score (nSPS) is 19.7. The smallest absolute Gasteiger partial charge is 0.322 e. The summed E-state index contributed by atoms with van der Waals surface area (Å²) < 4.78 is 57.2. The van der Waals surface area contributed by atoms with Gasteiger partial charge < -0.3 is 24.5 Å². The number of benzene rings is 3. The van der Waals surface area contributed by atoms with Gasteiger partial charge in [-0.2, -0.15) is 5.10 Å². The average molecular weight is 904 g/mol. The number of nitrogens with zero attached hydrogens (tertiary/aromatic N) is 7. The van der Waals surface area contributed by atoms with Crippen LogP contribution < -0.4 is 20.5 Å². The standard InChI is InChI=1S/C35H42FN7O4.C11H14F2N2OS/c1-37-34(46)42(14-5-17-44)32-28-18-29(36)27(19-31(28)40(2)39-32)23-8-10-24(11-9-23)41-15-12-35(13-16-41)20-25(21-47-35)43-22-38-30-7-4-3-6-26(30)33(43)45;1-4-15(3)17-14-9-6-5-8(12)10(7(2)16)11(9)13/h3-4,6-7,17-19,22-25H,5,8-16,20-21H2,1-2H3,(H,37,46);5-6,14H,4H2,1-3H3. The molecular weight excluding hydrogens is 848 g/mol. The topological polar surface area (TPSA) is 147 Å². The molecule has 3 aromatic carbocycles. The summed E-state index contributed by atoms with van der Waals surface area (Å²) in [5.41, 5.74) is 1.57. The van der Waals surface area contributed by atoms with Gasteiger partial charge in [0, 0.05) is 70.3 Å². The van der Waals surface area contributed by atoms with Crippen LogP contribution in [0.25, 0.3) is 21.8 Å². The Kier molecular flexibility index (Phi) is 14.8. The number of para-hydroxylation sites is 1. The van der Waals surface area contributed by atoms with Crippen LogP contribution in [0.1, 0.15) is 93.1 Å². The Bertz CT molecular complexity index is 2560. The van der Waals surface area contributed by atoms with Gasteiger partial charge >= 0.3 is 6.03 Å². The second-order valence-electron chi connectivity index (χ2n) is 16.8. The zero-order chi connectivity index (χ0) is 45.7. The van der Waals surface area contributed by atoms with E-state index in [0.29, 0.717) is 34.8 Å². The van der Waals surface area contributed by atoms with E-state index in [1.807, 2.05) is 48.6 Å². The molecular formula is C46H56F3N9O5S. The second kappa shape index (κ2) is 20.3. The number of anilines is 2. The third kappa shape index (κ3) is 9.84. The molecule has 1 spiro atoms. The summed E-state index contributed by atoms with van der Waals surface area (Å²) in [7, 11) is 5.14. The summed E-state index contributed by atoms with van der Waals surface area (Å²) >= 11 is 1.18. The molecule has 1 atom stereocenters. The Labute approximate surface area is 374 Å². The first-order valence-electron chi connectivity index (χ1n) is 21.8. The van der Waals surface area contributed by atoms with E-state index in [4.69, 9.17) is 4.74 Å². The molecule has 0 radical (unpaired) electrons. The van der Waals surface area contributed by atoms with Gasteiger partial charge in [-0.15, -0.1) is 0 Å². The van der Waals surface area contributed by atoms with Crippen LogP contribution in [0.4, 0.5) is 29.5 Å². The minimum atomic E-state index is -0.852. The number of aryl methyl sites for hydroxylation is 1. The first kappa shape index (κ1) is 46.7. The van der Waals surface area contributed by atoms with Gasteiger partial charge in [0.1, 0.15) is 17.9 Å². The van der Waals surface area contributed by atoms with Gasteiger partial charge in [0.05, 0.1) is 52.2 Å². The van der Waals surface area contributed by atoms with Crippen LogP contribution in [-0.2, 0) is 16.6 Å². The van der Waals surface area contributed by atoms with Crippen LogP contribution in [-0.4, -0.2) is 105 Å². The SMILES string of the molecule is CCN(C)SNc1ccc(F)c(C(C)=O)c1F.CNC(=O)N(CCC=O)c1nn(C)c2cc(C3CCC(N4CCC5(CC4)CC(n4cnc6ccccc6c4=O)CO5)CC3)c(F)cc12. The monoisotopic (exact) mass is 903 g/mol. The van der Waals surface area contributed by atoms with Crippen molar-refractivity contribution in [1.29, 1.82) is 0 Å². The van der Waals surface area contributed by atoms with E-state index in [0.717, 1.165) is 94.9 Å². The molecule has 2 N–H and O–H groups in total. The molecule has 1 aliphatic carbocycles. The van der Waals surface area contributed by atoms with Gasteiger partial charge in [-0.3, -0.25) is 23.7 Å². The fourth-order valence-electron chi connectivity index (χ4n) is 9.29. The van der Waals surface area contributed by atoms with Gasteiger partial charge in [-0.05, 0) is 107 Å². The highest BCUT2D eigenvalue weighted by atomic mass is 32.2. The molecule has 14 nitrogen and oxygen atoms in total.